The SMILES string of the molecule is O=C(N[C@@H](Cc1ccccc1)[C@H](O)C(=O)Nc1cccc(-c2nn[nH]n2)c1)c1cc(C(=O)N2CCCCCC2)cc([N+](=O)[O-])c1. The first-order chi connectivity index (χ1) is 21.8. The Morgan fingerprint density at radius 2 is 1.69 bits per heavy atom. The van der Waals surface area contributed by atoms with Crippen molar-refractivity contribution < 1.29 is 24.4 Å². The fourth-order valence-electron chi connectivity index (χ4n) is 5.21. The second-order valence-corrected chi connectivity index (χ2v) is 10.8. The molecule has 1 aliphatic heterocycles. The van der Waals surface area contributed by atoms with Crippen LogP contribution in [0, 0.1) is 10.1 Å². The first-order valence-electron chi connectivity index (χ1n) is 14.5. The maximum Gasteiger partial charge on any atom is 0.271 e. The Kier molecular flexibility index (Phi) is 9.84. The highest BCUT2D eigenvalue weighted by Gasteiger charge is 2.30. The van der Waals surface area contributed by atoms with Crippen molar-refractivity contribution >= 4 is 29.1 Å². The third-order valence-corrected chi connectivity index (χ3v) is 7.53. The van der Waals surface area contributed by atoms with Gasteiger partial charge in [0.05, 0.1) is 11.0 Å². The van der Waals surface area contributed by atoms with Gasteiger partial charge in [-0.05, 0) is 48.2 Å². The molecule has 1 aliphatic rings. The first kappa shape index (κ1) is 30.9. The van der Waals surface area contributed by atoms with Gasteiger partial charge in [0.1, 0.15) is 0 Å². The van der Waals surface area contributed by atoms with Gasteiger partial charge < -0.3 is 20.6 Å². The van der Waals surface area contributed by atoms with Gasteiger partial charge in [-0.25, -0.2) is 0 Å². The zero-order valence-electron chi connectivity index (χ0n) is 24.3. The maximum atomic E-state index is 13.6. The number of likely N-dealkylation sites (tertiary alicyclic amines) is 1. The largest absolute Gasteiger partial charge is 0.381 e. The number of aliphatic hydroxyl groups is 1. The van der Waals surface area contributed by atoms with Crippen LogP contribution in [0.5, 0.6) is 0 Å². The number of benzene rings is 3. The number of hydrogen-bond acceptors (Lipinski definition) is 9. The van der Waals surface area contributed by atoms with Gasteiger partial charge in [-0.1, -0.05) is 55.3 Å². The van der Waals surface area contributed by atoms with E-state index >= 15 is 0 Å². The van der Waals surface area contributed by atoms with Crippen LogP contribution in [0.4, 0.5) is 11.4 Å². The quantitative estimate of drug-likeness (QED) is 0.154. The van der Waals surface area contributed by atoms with Gasteiger partial charge in [0.15, 0.2) is 6.10 Å². The number of non-ortho nitro benzene ring substituents is 1. The predicted molar refractivity (Wildman–Crippen MR) is 163 cm³/mol. The van der Waals surface area contributed by atoms with Crippen molar-refractivity contribution in [1.82, 2.24) is 30.8 Å². The van der Waals surface area contributed by atoms with Crippen molar-refractivity contribution in [2.45, 2.75) is 44.2 Å². The fourth-order valence-corrected chi connectivity index (χ4v) is 5.21. The number of nitrogens with one attached hydrogen (secondary N) is 3. The van der Waals surface area contributed by atoms with Crippen LogP contribution in [-0.2, 0) is 11.2 Å². The molecule has 3 aromatic carbocycles. The molecular weight excluding hydrogens is 580 g/mol. The Morgan fingerprint density at radius 3 is 2.38 bits per heavy atom. The number of nitro benzene ring substituents is 1. The number of amides is 3. The van der Waals surface area contributed by atoms with Crippen molar-refractivity contribution in [3.8, 4) is 11.4 Å². The number of hydrogen-bond donors (Lipinski definition) is 4. The molecule has 0 radical (unpaired) electrons. The van der Waals surface area contributed by atoms with Gasteiger partial charge >= 0.3 is 0 Å². The summed E-state index contributed by atoms with van der Waals surface area (Å²) in [5.74, 6) is -1.66. The Hall–Kier alpha value is -5.50. The van der Waals surface area contributed by atoms with Gasteiger partial charge in [0.2, 0.25) is 5.82 Å². The molecule has 0 unspecified atom stereocenters. The van der Waals surface area contributed by atoms with E-state index in [1.807, 2.05) is 6.07 Å². The van der Waals surface area contributed by atoms with E-state index in [1.54, 1.807) is 53.4 Å². The minimum atomic E-state index is -1.72. The van der Waals surface area contributed by atoms with Gasteiger partial charge in [0.25, 0.3) is 23.4 Å². The highest BCUT2D eigenvalue weighted by atomic mass is 16.6. The molecule has 1 saturated heterocycles. The van der Waals surface area contributed by atoms with Gasteiger partial charge in [-0.3, -0.25) is 24.5 Å². The molecular formula is C31H32N8O6. The summed E-state index contributed by atoms with van der Waals surface area (Å²) in [4.78, 5) is 52.9. The molecule has 45 heavy (non-hydrogen) atoms. The third kappa shape index (κ3) is 7.92. The molecule has 2 heterocycles. The molecule has 0 bridgehead atoms. The van der Waals surface area contributed by atoms with Crippen LogP contribution < -0.4 is 10.6 Å². The van der Waals surface area contributed by atoms with Crippen LogP contribution in [0.25, 0.3) is 11.4 Å². The van der Waals surface area contributed by atoms with Gasteiger partial charge in [-0.15, -0.1) is 10.2 Å². The Bertz CT molecular complexity index is 1660. The van der Waals surface area contributed by atoms with E-state index in [0.717, 1.165) is 43.4 Å². The number of aromatic amines is 1. The minimum Gasteiger partial charge on any atom is -0.381 e. The van der Waals surface area contributed by atoms with Gasteiger partial charge in [-0.2, -0.15) is 5.21 Å². The molecule has 4 aromatic rings. The van der Waals surface area contributed by atoms with Crippen molar-refractivity contribution in [3.05, 3.63) is 99.6 Å². The third-order valence-electron chi connectivity index (χ3n) is 7.53. The second kappa shape index (κ2) is 14.3. The molecule has 1 aromatic heterocycles. The highest BCUT2D eigenvalue weighted by Crippen LogP contribution is 2.22. The van der Waals surface area contributed by atoms with Crippen LogP contribution in [0.3, 0.4) is 0 Å². The van der Waals surface area contributed by atoms with Crippen molar-refractivity contribution in [1.29, 1.82) is 0 Å². The number of aromatic nitrogens is 4. The number of nitro groups is 1. The summed E-state index contributed by atoms with van der Waals surface area (Å²) >= 11 is 0. The molecule has 3 amide bonds. The lowest BCUT2D eigenvalue weighted by molar-refractivity contribution is -0.384. The molecule has 2 atom stereocenters. The van der Waals surface area contributed by atoms with E-state index in [-0.39, 0.29) is 17.5 Å². The van der Waals surface area contributed by atoms with Crippen molar-refractivity contribution in [3.63, 3.8) is 0 Å². The first-order valence-corrected chi connectivity index (χ1v) is 14.5. The number of nitrogens with zero attached hydrogens (tertiary/aromatic N) is 5. The number of anilines is 1. The summed E-state index contributed by atoms with van der Waals surface area (Å²) in [6.07, 6.45) is 2.00. The summed E-state index contributed by atoms with van der Waals surface area (Å²) in [5.41, 5.74) is 1.12. The Morgan fingerprint density at radius 1 is 0.956 bits per heavy atom. The van der Waals surface area contributed by atoms with Crippen LogP contribution >= 0.6 is 0 Å². The van der Waals surface area contributed by atoms with Crippen molar-refractivity contribution in [2.75, 3.05) is 18.4 Å². The number of carbonyl (C=O) groups excluding carboxylic acids is 3. The average molecular weight is 613 g/mol. The zero-order valence-corrected chi connectivity index (χ0v) is 24.3. The maximum absolute atomic E-state index is 13.6. The van der Waals surface area contributed by atoms with E-state index in [1.165, 1.54) is 6.07 Å². The zero-order chi connectivity index (χ0) is 31.8. The standard InChI is InChI=1S/C31H32N8O6/c40-27(30(42)32-24-12-8-11-21(17-24)28-34-36-37-35-28)26(15-20-9-4-3-5-10-20)33-29(41)22-16-23(19-25(18-22)39(44)45)31(43)38-13-6-1-2-7-14-38/h3-5,8-12,16-19,26-27,40H,1-2,6-7,13-15H2,(H,32,42)(H,33,41)(H,34,35,36,37)/t26-,27-/m0/s1. The van der Waals surface area contributed by atoms with E-state index in [4.69, 9.17) is 0 Å². The molecule has 232 valence electrons. The number of rotatable bonds is 10. The van der Waals surface area contributed by atoms with Crippen LogP contribution in [-0.4, -0.2) is 78.5 Å². The van der Waals surface area contributed by atoms with E-state index in [9.17, 15) is 29.6 Å². The summed E-state index contributed by atoms with van der Waals surface area (Å²) in [6.45, 7) is 1.06. The van der Waals surface area contributed by atoms with E-state index in [2.05, 4.69) is 31.3 Å². The summed E-state index contributed by atoms with van der Waals surface area (Å²) in [5, 5.41) is 42.0. The highest BCUT2D eigenvalue weighted by molar-refractivity contribution is 6.01. The molecule has 1 fully saturated rings. The predicted octanol–water partition coefficient (Wildman–Crippen LogP) is 3.13. The number of H-pyrrole nitrogens is 1. The van der Waals surface area contributed by atoms with Crippen LogP contribution in [0.1, 0.15) is 52.0 Å². The minimum absolute atomic E-state index is 0.0237. The molecule has 0 aliphatic carbocycles. The number of aliphatic hydroxyl groups excluding tert-OH is 1. The van der Waals surface area contributed by atoms with Crippen LogP contribution in [0.2, 0.25) is 0 Å². The van der Waals surface area contributed by atoms with Crippen molar-refractivity contribution in [2.24, 2.45) is 0 Å². The van der Waals surface area contributed by atoms with Gasteiger partial charge in [0, 0.05) is 47.6 Å². The van der Waals surface area contributed by atoms with E-state index < -0.39 is 40.5 Å². The molecule has 5 rings (SSSR count). The molecule has 0 spiro atoms. The number of carbonyl (C=O) groups is 3. The second-order valence-electron chi connectivity index (χ2n) is 10.8. The normalized spacial score (nSPS) is 14.6. The van der Waals surface area contributed by atoms with E-state index in [0.29, 0.717) is 30.2 Å². The monoisotopic (exact) mass is 612 g/mol. The number of tetrazole rings is 1. The molecule has 14 heteroatoms. The lowest BCUT2D eigenvalue weighted by Crippen LogP contribution is -2.50. The average Bonchev–Trinajstić information content (AvgIpc) is 3.46. The lowest BCUT2D eigenvalue weighted by Gasteiger charge is -2.24. The lowest BCUT2D eigenvalue weighted by atomic mass is 9.99. The Labute approximate surface area is 258 Å². The molecule has 4 N–H and O–H groups in total. The smallest absolute Gasteiger partial charge is 0.271 e. The Balaban J connectivity index is 1.38. The fraction of sp³-hybridized carbons (Fsp3) is 0.290. The topological polar surface area (TPSA) is 196 Å². The summed E-state index contributed by atoms with van der Waals surface area (Å²) in [7, 11) is 0. The summed E-state index contributed by atoms with van der Waals surface area (Å²) in [6, 6.07) is 18.0. The molecule has 14 nitrogen and oxygen atoms in total. The molecule has 0 saturated carbocycles. The summed E-state index contributed by atoms with van der Waals surface area (Å²) < 4.78 is 0. The van der Waals surface area contributed by atoms with Crippen LogP contribution in [0.15, 0.2) is 72.8 Å².